The van der Waals surface area contributed by atoms with Gasteiger partial charge in [-0.05, 0) is 19.4 Å². The van der Waals surface area contributed by atoms with E-state index in [1.165, 1.54) is 0 Å². The van der Waals surface area contributed by atoms with E-state index in [-0.39, 0.29) is 11.3 Å². The minimum absolute atomic E-state index is 0.118. The van der Waals surface area contributed by atoms with Crippen molar-refractivity contribution in [1.82, 2.24) is 10.3 Å². The molecule has 1 aliphatic heterocycles. The average molecular weight is 248 g/mol. The number of carbonyl (C=O) groups excluding carboxylic acids is 1. The first-order valence-electron chi connectivity index (χ1n) is 6.20. The smallest absolute Gasteiger partial charge is 0.227 e. The van der Waals surface area contributed by atoms with Crippen molar-refractivity contribution in [3.05, 3.63) is 18.3 Å². The van der Waals surface area contributed by atoms with E-state index in [2.05, 4.69) is 20.5 Å². The number of hydrogen-bond donors (Lipinski definition) is 2. The zero-order valence-electron chi connectivity index (χ0n) is 11.2. The van der Waals surface area contributed by atoms with Crippen LogP contribution < -0.4 is 15.5 Å². The monoisotopic (exact) mass is 248 g/mol. The fourth-order valence-corrected chi connectivity index (χ4v) is 2.42. The summed E-state index contributed by atoms with van der Waals surface area (Å²) in [6.07, 6.45) is 2.67. The van der Waals surface area contributed by atoms with Crippen LogP contribution >= 0.6 is 0 Å². The first-order chi connectivity index (χ1) is 8.59. The number of amides is 1. The quantitative estimate of drug-likeness (QED) is 0.840. The van der Waals surface area contributed by atoms with Crippen LogP contribution in [0.1, 0.15) is 13.3 Å². The third kappa shape index (κ3) is 2.25. The van der Waals surface area contributed by atoms with Gasteiger partial charge in [-0.1, -0.05) is 0 Å². The maximum atomic E-state index is 11.9. The minimum atomic E-state index is -0.294. The van der Waals surface area contributed by atoms with Crippen molar-refractivity contribution in [2.24, 2.45) is 5.41 Å². The van der Waals surface area contributed by atoms with E-state index in [1.54, 1.807) is 13.2 Å². The largest absolute Gasteiger partial charge is 0.373 e. The molecule has 2 heterocycles. The summed E-state index contributed by atoms with van der Waals surface area (Å²) in [5.74, 6) is 0.967. The van der Waals surface area contributed by atoms with E-state index >= 15 is 0 Å². The van der Waals surface area contributed by atoms with Gasteiger partial charge in [-0.15, -0.1) is 0 Å². The fraction of sp³-hybridized carbons (Fsp3) is 0.538. The number of hydrogen-bond acceptors (Lipinski definition) is 4. The standard InChI is InChI=1S/C13H20N4O/c1-13(12(18)15-3)5-7-17(9-13)10-4-6-16-11(8-10)14-2/h4,6,8H,5,7,9H2,1-3H3,(H,14,16)(H,15,18). The summed E-state index contributed by atoms with van der Waals surface area (Å²) in [6, 6.07) is 3.99. The van der Waals surface area contributed by atoms with E-state index in [9.17, 15) is 4.79 Å². The second kappa shape index (κ2) is 4.84. The molecule has 2 rings (SSSR count). The predicted molar refractivity (Wildman–Crippen MR) is 72.8 cm³/mol. The molecule has 1 unspecified atom stereocenters. The van der Waals surface area contributed by atoms with Crippen LogP contribution in [0.25, 0.3) is 0 Å². The van der Waals surface area contributed by atoms with Crippen LogP contribution in [0.2, 0.25) is 0 Å². The van der Waals surface area contributed by atoms with Gasteiger partial charge >= 0.3 is 0 Å². The fourth-order valence-electron chi connectivity index (χ4n) is 2.42. The molecule has 1 saturated heterocycles. The van der Waals surface area contributed by atoms with E-state index in [4.69, 9.17) is 0 Å². The highest BCUT2D eigenvalue weighted by Crippen LogP contribution is 2.33. The van der Waals surface area contributed by atoms with Gasteiger partial charge < -0.3 is 15.5 Å². The number of nitrogens with one attached hydrogen (secondary N) is 2. The molecular formula is C13H20N4O. The Labute approximate surface area is 108 Å². The van der Waals surface area contributed by atoms with Gasteiger partial charge in [-0.3, -0.25) is 4.79 Å². The molecule has 0 aromatic carbocycles. The van der Waals surface area contributed by atoms with Gasteiger partial charge in [0.05, 0.1) is 5.41 Å². The number of nitrogens with zero attached hydrogens (tertiary/aromatic N) is 2. The molecule has 1 aromatic rings. The lowest BCUT2D eigenvalue weighted by Gasteiger charge is -2.24. The highest BCUT2D eigenvalue weighted by molar-refractivity contribution is 5.83. The Kier molecular flexibility index (Phi) is 3.41. The number of anilines is 2. The zero-order valence-corrected chi connectivity index (χ0v) is 11.2. The molecule has 1 amide bonds. The van der Waals surface area contributed by atoms with Crippen molar-refractivity contribution >= 4 is 17.4 Å². The van der Waals surface area contributed by atoms with Crippen molar-refractivity contribution in [2.45, 2.75) is 13.3 Å². The Hall–Kier alpha value is -1.78. The lowest BCUT2D eigenvalue weighted by atomic mass is 9.89. The van der Waals surface area contributed by atoms with Gasteiger partial charge in [0.2, 0.25) is 5.91 Å². The molecule has 5 heteroatoms. The Morgan fingerprint density at radius 3 is 2.94 bits per heavy atom. The van der Waals surface area contributed by atoms with Crippen molar-refractivity contribution in [2.75, 3.05) is 37.4 Å². The second-order valence-electron chi connectivity index (χ2n) is 4.96. The molecule has 5 nitrogen and oxygen atoms in total. The Morgan fingerprint density at radius 1 is 1.50 bits per heavy atom. The second-order valence-corrected chi connectivity index (χ2v) is 4.96. The normalized spacial score (nSPS) is 22.9. The van der Waals surface area contributed by atoms with Crippen molar-refractivity contribution in [3.63, 3.8) is 0 Å². The molecular weight excluding hydrogens is 228 g/mol. The van der Waals surface area contributed by atoms with Gasteiger partial charge in [0.25, 0.3) is 0 Å². The molecule has 0 bridgehead atoms. The predicted octanol–water partition coefficient (Wildman–Crippen LogP) is 1.09. The number of carbonyl (C=O) groups is 1. The molecule has 1 aromatic heterocycles. The van der Waals surface area contributed by atoms with Crippen LogP contribution in [0.4, 0.5) is 11.5 Å². The van der Waals surface area contributed by atoms with Crippen LogP contribution in [-0.2, 0) is 4.79 Å². The SMILES string of the molecule is CNC(=O)C1(C)CCN(c2ccnc(NC)c2)C1. The highest BCUT2D eigenvalue weighted by Gasteiger charge is 2.39. The molecule has 1 aliphatic rings. The molecule has 1 atom stereocenters. The molecule has 0 spiro atoms. The lowest BCUT2D eigenvalue weighted by molar-refractivity contribution is -0.128. The number of rotatable bonds is 3. The van der Waals surface area contributed by atoms with Gasteiger partial charge in [0.1, 0.15) is 5.82 Å². The van der Waals surface area contributed by atoms with Gasteiger partial charge in [0, 0.05) is 45.1 Å². The summed E-state index contributed by atoms with van der Waals surface area (Å²) in [5, 5.41) is 5.78. The first-order valence-corrected chi connectivity index (χ1v) is 6.20. The third-order valence-corrected chi connectivity index (χ3v) is 3.61. The highest BCUT2D eigenvalue weighted by atomic mass is 16.2. The summed E-state index contributed by atoms with van der Waals surface area (Å²) in [5.41, 5.74) is 0.819. The van der Waals surface area contributed by atoms with Crippen LogP contribution in [0, 0.1) is 5.41 Å². The summed E-state index contributed by atoms with van der Waals surface area (Å²) in [7, 11) is 3.55. The van der Waals surface area contributed by atoms with Crippen LogP contribution in [0.5, 0.6) is 0 Å². The molecule has 1 fully saturated rings. The molecule has 2 N–H and O–H groups in total. The van der Waals surface area contributed by atoms with E-state index < -0.39 is 0 Å². The number of pyridine rings is 1. The van der Waals surface area contributed by atoms with Crippen LogP contribution in [0.3, 0.4) is 0 Å². The van der Waals surface area contributed by atoms with Crippen LogP contribution in [-0.4, -0.2) is 38.1 Å². The zero-order chi connectivity index (χ0) is 13.2. The van der Waals surface area contributed by atoms with Gasteiger partial charge in [0.15, 0.2) is 0 Å². The Morgan fingerprint density at radius 2 is 2.28 bits per heavy atom. The van der Waals surface area contributed by atoms with E-state index in [0.29, 0.717) is 0 Å². The molecule has 0 saturated carbocycles. The summed E-state index contributed by atoms with van der Waals surface area (Å²) in [6.45, 7) is 3.67. The summed E-state index contributed by atoms with van der Waals surface area (Å²) >= 11 is 0. The number of aromatic nitrogens is 1. The maximum Gasteiger partial charge on any atom is 0.227 e. The molecule has 98 valence electrons. The minimum Gasteiger partial charge on any atom is -0.373 e. The van der Waals surface area contributed by atoms with Gasteiger partial charge in [-0.2, -0.15) is 0 Å². The van der Waals surface area contributed by atoms with E-state index in [1.807, 2.05) is 26.1 Å². The van der Waals surface area contributed by atoms with E-state index in [0.717, 1.165) is 31.0 Å². The third-order valence-electron chi connectivity index (χ3n) is 3.61. The molecule has 18 heavy (non-hydrogen) atoms. The average Bonchev–Trinajstić information content (AvgIpc) is 2.82. The lowest BCUT2D eigenvalue weighted by Crippen LogP contribution is -2.39. The van der Waals surface area contributed by atoms with Crippen molar-refractivity contribution in [1.29, 1.82) is 0 Å². The maximum absolute atomic E-state index is 11.9. The Balaban J connectivity index is 2.15. The summed E-state index contributed by atoms with van der Waals surface area (Å²) < 4.78 is 0. The van der Waals surface area contributed by atoms with Gasteiger partial charge in [-0.25, -0.2) is 4.98 Å². The Bertz CT molecular complexity index is 448. The molecule has 0 radical (unpaired) electrons. The first kappa shape index (κ1) is 12.7. The summed E-state index contributed by atoms with van der Waals surface area (Å²) in [4.78, 5) is 18.3. The topological polar surface area (TPSA) is 57.3 Å². The van der Waals surface area contributed by atoms with Crippen molar-refractivity contribution in [3.8, 4) is 0 Å². The van der Waals surface area contributed by atoms with Crippen molar-refractivity contribution < 1.29 is 4.79 Å². The molecule has 0 aliphatic carbocycles. The van der Waals surface area contributed by atoms with Crippen LogP contribution in [0.15, 0.2) is 18.3 Å².